The van der Waals surface area contributed by atoms with Crippen LogP contribution in [0.1, 0.15) is 58.8 Å². The van der Waals surface area contributed by atoms with Gasteiger partial charge in [0.05, 0.1) is 5.41 Å². The Labute approximate surface area is 310 Å². The number of fused-ring (bicyclic) bond motifs is 1. The summed E-state index contributed by atoms with van der Waals surface area (Å²) in [5.74, 6) is -2.29. The Morgan fingerprint density at radius 2 is 1.86 bits per heavy atom. The molecule has 4 N–H and O–H groups in total. The third-order valence-electron chi connectivity index (χ3n) is 6.50. The number of ether oxygens (including phenoxy) is 3. The molecule has 1 saturated heterocycles. The number of carbonyl (C=O) groups excluding carboxylic acids is 5. The summed E-state index contributed by atoms with van der Waals surface area (Å²) >= 11 is 4.93. The van der Waals surface area contributed by atoms with Gasteiger partial charge in [0.25, 0.3) is 11.8 Å². The number of carbonyl (C=O) groups is 5. The average Bonchev–Trinajstić information content (AvgIpc) is 3.67. The number of anilines is 1. The number of hydrogen-bond donors (Lipinski definition) is 3. The van der Waals surface area contributed by atoms with Crippen LogP contribution in [0.5, 0.6) is 0 Å². The number of hydrogen-bond acceptors (Lipinski definition) is 19. The van der Waals surface area contributed by atoms with E-state index < -0.39 is 59.1 Å². The van der Waals surface area contributed by atoms with E-state index in [1.54, 1.807) is 41.5 Å². The van der Waals surface area contributed by atoms with Crippen LogP contribution in [0.2, 0.25) is 0 Å². The predicted octanol–water partition coefficient (Wildman–Crippen LogP) is 2.45. The van der Waals surface area contributed by atoms with E-state index in [0.717, 1.165) is 16.5 Å². The van der Waals surface area contributed by atoms with Crippen molar-refractivity contribution in [3.05, 3.63) is 22.1 Å². The van der Waals surface area contributed by atoms with Gasteiger partial charge in [-0.1, -0.05) is 28.3 Å². The van der Waals surface area contributed by atoms with Gasteiger partial charge in [-0.25, -0.2) is 9.59 Å². The van der Waals surface area contributed by atoms with Crippen LogP contribution >= 0.6 is 46.4 Å². The van der Waals surface area contributed by atoms with E-state index in [1.807, 2.05) is 6.92 Å². The minimum Gasteiger partial charge on any atom is -0.444 e. The number of amides is 3. The SMILES string of the molecule is Cc1nnc(SCC2=C(C(=O)OCOC(=O)C(C)(C)C)N3C(=O)C(NC(=O)/C(=N/OCCCNC(=O)OC(C)(C)C)c4nsc(N)n4)[C@H]3SC2)s1. The maximum atomic E-state index is 13.6. The van der Waals surface area contributed by atoms with Crippen molar-refractivity contribution in [3.8, 4) is 0 Å². The van der Waals surface area contributed by atoms with Gasteiger partial charge in [0.2, 0.25) is 18.3 Å². The first-order valence-corrected chi connectivity index (χ1v) is 19.1. The standard InChI is InChI=1S/C29H39N9O9S4/c1-14-34-35-27(50-14)49-12-15-11-48-22-17(21(40)38(22)18(15)23(41)44-13-45-24(42)28(2,3)4)32-20(39)16(19-33-25(30)51-37-19)36-46-10-8-9-31-26(43)47-29(5,6)7/h17,22H,8-13H2,1-7H3,(H,31,43)(H,32,39)(H2,30,33,37)/b36-16+/t17?,22-/m1/s1. The van der Waals surface area contributed by atoms with Gasteiger partial charge in [0.1, 0.15) is 34.3 Å². The Bertz CT molecular complexity index is 1700. The number of alkyl carbamates (subject to hydrolysis) is 1. The van der Waals surface area contributed by atoms with Gasteiger partial charge >= 0.3 is 18.0 Å². The van der Waals surface area contributed by atoms with Crippen LogP contribution in [0.4, 0.5) is 9.93 Å². The molecular weight excluding hydrogens is 747 g/mol. The maximum absolute atomic E-state index is 13.6. The molecule has 22 heteroatoms. The fourth-order valence-corrected chi connectivity index (χ4v) is 7.90. The zero-order valence-electron chi connectivity index (χ0n) is 29.0. The summed E-state index contributed by atoms with van der Waals surface area (Å²) in [5, 5.41) is 17.5. The van der Waals surface area contributed by atoms with E-state index in [-0.39, 0.29) is 35.5 Å². The summed E-state index contributed by atoms with van der Waals surface area (Å²) in [6.45, 7) is 11.6. The summed E-state index contributed by atoms with van der Waals surface area (Å²) in [5.41, 5.74) is 4.55. The van der Waals surface area contributed by atoms with Crippen molar-refractivity contribution >= 4 is 87.1 Å². The van der Waals surface area contributed by atoms with Gasteiger partial charge < -0.3 is 35.4 Å². The quantitative estimate of drug-likeness (QED) is 0.0474. The highest BCUT2D eigenvalue weighted by atomic mass is 32.2. The van der Waals surface area contributed by atoms with Crippen molar-refractivity contribution in [2.24, 2.45) is 10.6 Å². The van der Waals surface area contributed by atoms with E-state index in [4.69, 9.17) is 24.8 Å². The van der Waals surface area contributed by atoms with Crippen molar-refractivity contribution in [1.82, 2.24) is 35.1 Å². The van der Waals surface area contributed by atoms with Gasteiger partial charge in [-0.3, -0.25) is 19.3 Å². The van der Waals surface area contributed by atoms with Gasteiger partial charge in [-0.2, -0.15) is 9.36 Å². The number of aryl methyl sites for hydroxylation is 1. The van der Waals surface area contributed by atoms with Crippen LogP contribution in [0, 0.1) is 12.3 Å². The molecule has 4 rings (SSSR count). The summed E-state index contributed by atoms with van der Waals surface area (Å²) in [6, 6.07) is -1.05. The third-order valence-corrected chi connectivity index (χ3v) is 10.4. The fourth-order valence-electron chi connectivity index (χ4n) is 4.17. The highest BCUT2D eigenvalue weighted by Gasteiger charge is 2.55. The molecule has 3 amide bonds. The summed E-state index contributed by atoms with van der Waals surface area (Å²) < 4.78 is 20.3. The van der Waals surface area contributed by atoms with Crippen molar-refractivity contribution in [2.75, 3.05) is 37.2 Å². The molecule has 0 aliphatic carbocycles. The van der Waals surface area contributed by atoms with E-state index in [9.17, 15) is 24.0 Å². The minimum absolute atomic E-state index is 0.000880. The smallest absolute Gasteiger partial charge is 0.407 e. The Hall–Kier alpha value is -4.02. The first-order chi connectivity index (χ1) is 23.9. The van der Waals surface area contributed by atoms with Crippen LogP contribution in [-0.4, -0.2) is 108 Å². The highest BCUT2D eigenvalue weighted by molar-refractivity contribution is 8.01. The van der Waals surface area contributed by atoms with E-state index in [1.165, 1.54) is 39.8 Å². The number of oxime groups is 1. The molecule has 278 valence electrons. The predicted molar refractivity (Wildman–Crippen MR) is 190 cm³/mol. The lowest BCUT2D eigenvalue weighted by molar-refractivity contribution is -0.173. The molecule has 1 fully saturated rings. The second-order valence-electron chi connectivity index (χ2n) is 12.9. The Kier molecular flexibility index (Phi) is 13.3. The molecule has 0 spiro atoms. The van der Waals surface area contributed by atoms with Crippen molar-refractivity contribution in [1.29, 1.82) is 0 Å². The lowest BCUT2D eigenvalue weighted by atomic mass is 9.98. The monoisotopic (exact) mass is 785 g/mol. The second-order valence-corrected chi connectivity index (χ2v) is 17.2. The molecule has 0 bridgehead atoms. The summed E-state index contributed by atoms with van der Waals surface area (Å²) in [4.78, 5) is 75.2. The first kappa shape index (κ1) is 39.8. The second kappa shape index (κ2) is 17.0. The van der Waals surface area contributed by atoms with E-state index >= 15 is 0 Å². The number of nitrogen functional groups attached to an aromatic ring is 1. The zero-order valence-corrected chi connectivity index (χ0v) is 32.2. The minimum atomic E-state index is -1.05. The first-order valence-electron chi connectivity index (χ1n) is 15.5. The lowest BCUT2D eigenvalue weighted by Crippen LogP contribution is -2.71. The van der Waals surface area contributed by atoms with Crippen LogP contribution in [0.25, 0.3) is 0 Å². The van der Waals surface area contributed by atoms with Gasteiger partial charge in [0.15, 0.2) is 9.47 Å². The Morgan fingerprint density at radius 1 is 1.12 bits per heavy atom. The molecule has 2 aromatic rings. The molecule has 2 aromatic heterocycles. The number of aromatic nitrogens is 4. The van der Waals surface area contributed by atoms with Gasteiger partial charge in [0, 0.05) is 36.0 Å². The third kappa shape index (κ3) is 11.0. The number of thioether (sulfide) groups is 2. The molecule has 0 saturated carbocycles. The van der Waals surface area contributed by atoms with E-state index in [2.05, 4.69) is 35.3 Å². The molecule has 0 aromatic carbocycles. The average molecular weight is 786 g/mol. The molecule has 2 atom stereocenters. The number of esters is 2. The number of β-lactam (4-membered cyclic amide) rings is 1. The van der Waals surface area contributed by atoms with Crippen LogP contribution < -0.4 is 16.4 Å². The molecule has 2 aliphatic heterocycles. The molecule has 2 aliphatic rings. The van der Waals surface area contributed by atoms with Crippen molar-refractivity contribution < 1.29 is 43.0 Å². The summed E-state index contributed by atoms with van der Waals surface area (Å²) in [6.07, 6.45) is -0.250. The van der Waals surface area contributed by atoms with Gasteiger partial charge in [-0.05, 0) is 54.0 Å². The van der Waals surface area contributed by atoms with Gasteiger partial charge in [-0.15, -0.1) is 22.0 Å². The molecular formula is C29H39N9O9S4. The van der Waals surface area contributed by atoms with Crippen molar-refractivity contribution in [3.63, 3.8) is 0 Å². The molecule has 18 nitrogen and oxygen atoms in total. The Morgan fingerprint density at radius 3 is 2.49 bits per heavy atom. The Balaban J connectivity index is 1.44. The number of nitrogens with two attached hydrogens (primary N) is 1. The lowest BCUT2D eigenvalue weighted by Gasteiger charge is -2.49. The van der Waals surface area contributed by atoms with Crippen molar-refractivity contribution in [2.45, 2.75) is 76.2 Å². The highest BCUT2D eigenvalue weighted by Crippen LogP contribution is 2.42. The summed E-state index contributed by atoms with van der Waals surface area (Å²) in [7, 11) is 0. The molecule has 0 radical (unpaired) electrons. The fraction of sp³-hybridized carbons (Fsp3) is 0.586. The van der Waals surface area contributed by atoms with Crippen LogP contribution in [0.3, 0.4) is 0 Å². The topological polar surface area (TPSA) is 240 Å². The van der Waals surface area contributed by atoms with Crippen LogP contribution in [0.15, 0.2) is 20.8 Å². The van der Waals surface area contributed by atoms with Crippen LogP contribution in [-0.2, 0) is 38.2 Å². The van der Waals surface area contributed by atoms with E-state index in [0.29, 0.717) is 27.8 Å². The number of nitrogens with one attached hydrogen (secondary N) is 2. The molecule has 51 heavy (non-hydrogen) atoms. The number of nitrogens with zero attached hydrogens (tertiary/aromatic N) is 6. The molecule has 4 heterocycles. The largest absolute Gasteiger partial charge is 0.444 e. The normalized spacial score (nSPS) is 17.7. The molecule has 1 unspecified atom stereocenters. The zero-order chi connectivity index (χ0) is 37.5. The number of rotatable bonds is 14. The maximum Gasteiger partial charge on any atom is 0.407 e.